The van der Waals surface area contributed by atoms with E-state index in [1.165, 1.54) is 10.9 Å². The molecular weight excluding hydrogens is 350 g/mol. The second-order valence-corrected chi connectivity index (χ2v) is 7.45. The van der Waals surface area contributed by atoms with Gasteiger partial charge in [-0.1, -0.05) is 48.5 Å². The van der Waals surface area contributed by atoms with Crippen molar-refractivity contribution >= 4 is 16.8 Å². The van der Waals surface area contributed by atoms with Crippen LogP contribution < -0.4 is 5.32 Å². The molecule has 146 valence electrons. The van der Waals surface area contributed by atoms with Gasteiger partial charge in [-0.25, -0.2) is 0 Å². The fourth-order valence-corrected chi connectivity index (χ4v) is 3.87. The molecule has 1 aliphatic heterocycles. The van der Waals surface area contributed by atoms with Gasteiger partial charge in [-0.3, -0.25) is 9.69 Å². The zero-order valence-corrected chi connectivity index (χ0v) is 16.3. The minimum absolute atomic E-state index is 0.0215. The van der Waals surface area contributed by atoms with E-state index in [4.69, 9.17) is 4.74 Å². The summed E-state index contributed by atoms with van der Waals surface area (Å²) < 4.78 is 7.93. The highest BCUT2D eigenvalue weighted by molar-refractivity contribution is 5.84. The Labute approximate surface area is 165 Å². The smallest absolute Gasteiger partial charge is 0.240 e. The van der Waals surface area contributed by atoms with Gasteiger partial charge in [0.1, 0.15) is 6.54 Å². The van der Waals surface area contributed by atoms with Crippen LogP contribution in [0.25, 0.3) is 10.9 Å². The lowest BCUT2D eigenvalue weighted by atomic mass is 10.2. The molecular formula is C23H27N3O2. The summed E-state index contributed by atoms with van der Waals surface area (Å²) >= 11 is 0. The average Bonchev–Trinajstić information content (AvgIpc) is 3.03. The summed E-state index contributed by atoms with van der Waals surface area (Å²) in [6.07, 6.45) is 0.0314. The molecule has 4 rings (SSSR count). The maximum Gasteiger partial charge on any atom is 0.240 e. The number of ether oxygens (including phenoxy) is 1. The number of hydrogen-bond acceptors (Lipinski definition) is 3. The molecule has 5 nitrogen and oxygen atoms in total. The summed E-state index contributed by atoms with van der Waals surface area (Å²) in [5, 5.41) is 4.22. The van der Waals surface area contributed by atoms with Crippen LogP contribution in [0.3, 0.4) is 0 Å². The van der Waals surface area contributed by atoms with Crippen molar-refractivity contribution in [1.82, 2.24) is 14.8 Å². The van der Waals surface area contributed by atoms with E-state index in [9.17, 15) is 4.79 Å². The van der Waals surface area contributed by atoms with Gasteiger partial charge >= 0.3 is 0 Å². The number of nitrogens with zero attached hydrogens (tertiary/aromatic N) is 2. The third kappa shape index (κ3) is 4.43. The third-order valence-corrected chi connectivity index (χ3v) is 5.32. The van der Waals surface area contributed by atoms with Gasteiger partial charge < -0.3 is 14.6 Å². The van der Waals surface area contributed by atoms with Crippen LogP contribution in [-0.2, 0) is 22.6 Å². The van der Waals surface area contributed by atoms with Crippen LogP contribution >= 0.6 is 0 Å². The van der Waals surface area contributed by atoms with Crippen molar-refractivity contribution in [2.24, 2.45) is 0 Å². The largest absolute Gasteiger partial charge is 0.374 e. The van der Waals surface area contributed by atoms with E-state index in [1.54, 1.807) is 0 Å². The fourth-order valence-electron chi connectivity index (χ4n) is 3.87. The maximum absolute atomic E-state index is 12.5. The van der Waals surface area contributed by atoms with E-state index in [-0.39, 0.29) is 12.0 Å². The quantitative estimate of drug-likeness (QED) is 0.718. The summed E-state index contributed by atoms with van der Waals surface area (Å²) in [6.45, 7) is 6.30. The zero-order valence-electron chi connectivity index (χ0n) is 16.3. The number of aryl methyl sites for hydroxylation is 1. The maximum atomic E-state index is 12.5. The van der Waals surface area contributed by atoms with Crippen LogP contribution in [0.4, 0.5) is 0 Å². The molecule has 28 heavy (non-hydrogen) atoms. The second kappa shape index (κ2) is 8.59. The Bertz CT molecular complexity index is 935. The molecule has 0 unspecified atom stereocenters. The van der Waals surface area contributed by atoms with E-state index in [2.05, 4.69) is 57.2 Å². The third-order valence-electron chi connectivity index (χ3n) is 5.32. The zero-order chi connectivity index (χ0) is 19.3. The molecule has 2 heterocycles. The molecule has 0 radical (unpaired) electrons. The van der Waals surface area contributed by atoms with E-state index in [0.717, 1.165) is 30.8 Å². The standard InChI is InChI=1S/C23H27N3O2/c1-18-13-20-9-5-6-10-22(20)26(18)17-23(27)24-14-21-16-25(11-12-28-21)15-19-7-3-2-4-8-19/h2-10,13,21H,11-12,14-17H2,1H3,(H,24,27)/t21-/m1/s1. The molecule has 1 atom stereocenters. The van der Waals surface area contributed by atoms with Gasteiger partial charge in [-0.15, -0.1) is 0 Å². The summed E-state index contributed by atoms with van der Waals surface area (Å²) in [4.78, 5) is 14.9. The Morgan fingerprint density at radius 2 is 1.93 bits per heavy atom. The highest BCUT2D eigenvalue weighted by Gasteiger charge is 2.21. The molecule has 0 spiro atoms. The van der Waals surface area contributed by atoms with E-state index in [1.807, 2.05) is 25.1 Å². The number of fused-ring (bicyclic) bond motifs is 1. The number of rotatable bonds is 6. The van der Waals surface area contributed by atoms with Crippen LogP contribution in [-0.4, -0.2) is 47.7 Å². The van der Waals surface area contributed by atoms with Crippen molar-refractivity contribution in [1.29, 1.82) is 0 Å². The predicted octanol–water partition coefficient (Wildman–Crippen LogP) is 2.97. The van der Waals surface area contributed by atoms with Crippen molar-refractivity contribution < 1.29 is 9.53 Å². The Morgan fingerprint density at radius 1 is 1.14 bits per heavy atom. The van der Waals surface area contributed by atoms with Gasteiger partial charge in [0.15, 0.2) is 0 Å². The van der Waals surface area contributed by atoms with Crippen molar-refractivity contribution in [3.8, 4) is 0 Å². The van der Waals surface area contributed by atoms with E-state index in [0.29, 0.717) is 19.7 Å². The van der Waals surface area contributed by atoms with Gasteiger partial charge in [0.25, 0.3) is 0 Å². The lowest BCUT2D eigenvalue weighted by Gasteiger charge is -2.33. The van der Waals surface area contributed by atoms with Gasteiger partial charge in [0, 0.05) is 37.4 Å². The molecule has 0 aliphatic carbocycles. The number of para-hydroxylation sites is 1. The Hall–Kier alpha value is -2.63. The molecule has 1 amide bonds. The van der Waals surface area contributed by atoms with Crippen LogP contribution in [0.2, 0.25) is 0 Å². The average molecular weight is 377 g/mol. The molecule has 2 aromatic carbocycles. The number of amides is 1. The van der Waals surface area contributed by atoms with Crippen molar-refractivity contribution in [2.75, 3.05) is 26.2 Å². The predicted molar refractivity (Wildman–Crippen MR) is 111 cm³/mol. The molecule has 1 fully saturated rings. The summed E-state index contributed by atoms with van der Waals surface area (Å²) in [7, 11) is 0. The molecule has 5 heteroatoms. The lowest BCUT2D eigenvalue weighted by Crippen LogP contribution is -2.47. The molecule has 3 aromatic rings. The number of hydrogen-bond donors (Lipinski definition) is 1. The molecule has 1 aliphatic rings. The SMILES string of the molecule is Cc1cc2ccccc2n1CC(=O)NC[C@@H]1CN(Cc2ccccc2)CCO1. The molecule has 1 aromatic heterocycles. The van der Waals surface area contributed by atoms with Crippen LogP contribution in [0, 0.1) is 6.92 Å². The monoisotopic (exact) mass is 377 g/mol. The van der Waals surface area contributed by atoms with Gasteiger partial charge in [-0.2, -0.15) is 0 Å². The van der Waals surface area contributed by atoms with Crippen molar-refractivity contribution in [2.45, 2.75) is 26.1 Å². The van der Waals surface area contributed by atoms with Gasteiger partial charge in [0.05, 0.1) is 12.7 Å². The fraction of sp³-hybridized carbons (Fsp3) is 0.348. The highest BCUT2D eigenvalue weighted by Crippen LogP contribution is 2.19. The van der Waals surface area contributed by atoms with Crippen LogP contribution in [0.1, 0.15) is 11.3 Å². The van der Waals surface area contributed by atoms with E-state index < -0.39 is 0 Å². The number of morpholine rings is 1. The van der Waals surface area contributed by atoms with Crippen molar-refractivity contribution in [3.05, 3.63) is 71.9 Å². The topological polar surface area (TPSA) is 46.5 Å². The van der Waals surface area contributed by atoms with Gasteiger partial charge in [0.2, 0.25) is 5.91 Å². The molecule has 1 N–H and O–H groups in total. The first-order valence-electron chi connectivity index (χ1n) is 9.88. The number of benzene rings is 2. The summed E-state index contributed by atoms with van der Waals surface area (Å²) in [6, 6.07) is 20.8. The van der Waals surface area contributed by atoms with Crippen LogP contribution in [0.15, 0.2) is 60.7 Å². The Morgan fingerprint density at radius 3 is 2.79 bits per heavy atom. The molecule has 0 saturated carbocycles. The summed E-state index contributed by atoms with van der Waals surface area (Å²) in [5.41, 5.74) is 3.50. The number of aromatic nitrogens is 1. The van der Waals surface area contributed by atoms with E-state index >= 15 is 0 Å². The van der Waals surface area contributed by atoms with Gasteiger partial charge in [-0.05, 0) is 30.0 Å². The summed E-state index contributed by atoms with van der Waals surface area (Å²) in [5.74, 6) is 0.0215. The second-order valence-electron chi connectivity index (χ2n) is 7.45. The van der Waals surface area contributed by atoms with Crippen LogP contribution in [0.5, 0.6) is 0 Å². The number of nitrogens with one attached hydrogen (secondary N) is 1. The Balaban J connectivity index is 1.30. The lowest BCUT2D eigenvalue weighted by molar-refractivity contribution is -0.122. The Kier molecular flexibility index (Phi) is 5.74. The first-order chi connectivity index (χ1) is 13.7. The van der Waals surface area contributed by atoms with Crippen molar-refractivity contribution in [3.63, 3.8) is 0 Å². The molecule has 0 bridgehead atoms. The first-order valence-corrected chi connectivity index (χ1v) is 9.88. The number of carbonyl (C=O) groups excluding carboxylic acids is 1. The highest BCUT2D eigenvalue weighted by atomic mass is 16.5. The minimum Gasteiger partial charge on any atom is -0.374 e. The first kappa shape index (κ1) is 18.7. The minimum atomic E-state index is 0.0215. The number of carbonyl (C=O) groups is 1. The molecule has 1 saturated heterocycles. The normalized spacial score (nSPS) is 17.7.